The average Bonchev–Trinajstić information content (AvgIpc) is 3.04. The molecule has 1 aliphatic rings. The lowest BCUT2D eigenvalue weighted by molar-refractivity contribution is -0.117. The molecule has 1 fully saturated rings. The van der Waals surface area contributed by atoms with Crippen molar-refractivity contribution in [2.45, 2.75) is 18.9 Å². The zero-order chi connectivity index (χ0) is 15.1. The SMILES string of the molecule is CN(/C=C(/C#N)C(=O)NCC1CCCO1)c1ccccc1. The standard InChI is InChI=1S/C16H19N3O2/c1-19(14-6-3-2-4-7-14)12-13(10-17)16(20)18-11-15-8-5-9-21-15/h2-4,6-7,12,15H,5,8-9,11H2,1H3,(H,18,20)/b13-12-. The van der Waals surface area contributed by atoms with E-state index in [1.165, 1.54) is 0 Å². The Morgan fingerprint density at radius 1 is 1.52 bits per heavy atom. The van der Waals surface area contributed by atoms with Crippen molar-refractivity contribution in [2.24, 2.45) is 0 Å². The van der Waals surface area contributed by atoms with Gasteiger partial charge in [-0.1, -0.05) is 18.2 Å². The van der Waals surface area contributed by atoms with Crippen molar-refractivity contribution in [3.05, 3.63) is 42.1 Å². The minimum absolute atomic E-state index is 0.0701. The minimum atomic E-state index is -0.365. The molecule has 1 heterocycles. The smallest absolute Gasteiger partial charge is 0.263 e. The van der Waals surface area contributed by atoms with Gasteiger partial charge in [0.1, 0.15) is 11.6 Å². The fraction of sp³-hybridized carbons (Fsp3) is 0.375. The number of carbonyl (C=O) groups is 1. The van der Waals surface area contributed by atoms with E-state index in [9.17, 15) is 4.79 Å². The summed E-state index contributed by atoms with van der Waals surface area (Å²) in [5, 5.41) is 11.9. The molecule has 0 aliphatic carbocycles. The van der Waals surface area contributed by atoms with E-state index >= 15 is 0 Å². The molecule has 1 atom stereocenters. The molecular weight excluding hydrogens is 266 g/mol. The summed E-state index contributed by atoms with van der Waals surface area (Å²) in [7, 11) is 1.81. The first kappa shape index (κ1) is 15.1. The highest BCUT2D eigenvalue weighted by Crippen LogP contribution is 2.13. The first-order chi connectivity index (χ1) is 10.2. The van der Waals surface area contributed by atoms with Gasteiger partial charge in [0.05, 0.1) is 6.10 Å². The molecule has 2 rings (SSSR count). The van der Waals surface area contributed by atoms with Gasteiger partial charge in [-0.05, 0) is 25.0 Å². The predicted molar refractivity (Wildman–Crippen MR) is 80.5 cm³/mol. The van der Waals surface area contributed by atoms with Gasteiger partial charge in [-0.25, -0.2) is 0 Å². The third-order valence-electron chi connectivity index (χ3n) is 3.37. The van der Waals surface area contributed by atoms with E-state index in [0.717, 1.165) is 25.1 Å². The van der Waals surface area contributed by atoms with Gasteiger partial charge in [-0.3, -0.25) is 4.79 Å². The zero-order valence-electron chi connectivity index (χ0n) is 12.1. The highest BCUT2D eigenvalue weighted by molar-refractivity contribution is 5.97. The molecule has 0 saturated carbocycles. The van der Waals surface area contributed by atoms with Crippen LogP contribution in [-0.4, -0.2) is 32.2 Å². The van der Waals surface area contributed by atoms with Crippen LogP contribution >= 0.6 is 0 Å². The van der Waals surface area contributed by atoms with Crippen LogP contribution < -0.4 is 10.2 Å². The van der Waals surface area contributed by atoms with E-state index in [-0.39, 0.29) is 17.6 Å². The molecule has 1 unspecified atom stereocenters. The maximum absolute atomic E-state index is 12.0. The number of nitrogens with one attached hydrogen (secondary N) is 1. The highest BCUT2D eigenvalue weighted by Gasteiger charge is 2.17. The number of nitrogens with zero attached hydrogens (tertiary/aromatic N) is 2. The summed E-state index contributed by atoms with van der Waals surface area (Å²) < 4.78 is 5.44. The molecule has 0 aromatic heterocycles. The Morgan fingerprint density at radius 3 is 2.90 bits per heavy atom. The van der Waals surface area contributed by atoms with Crippen molar-refractivity contribution >= 4 is 11.6 Å². The summed E-state index contributed by atoms with van der Waals surface area (Å²) in [6, 6.07) is 11.5. The third-order valence-corrected chi connectivity index (χ3v) is 3.37. The summed E-state index contributed by atoms with van der Waals surface area (Å²) in [6.07, 6.45) is 3.59. The summed E-state index contributed by atoms with van der Waals surface area (Å²) in [5.41, 5.74) is 0.997. The Morgan fingerprint density at radius 2 is 2.29 bits per heavy atom. The molecule has 110 valence electrons. The summed E-state index contributed by atoms with van der Waals surface area (Å²) in [4.78, 5) is 13.8. The Labute approximate surface area is 124 Å². The van der Waals surface area contributed by atoms with Crippen molar-refractivity contribution in [3.63, 3.8) is 0 Å². The molecule has 1 aromatic carbocycles. The van der Waals surface area contributed by atoms with Gasteiger partial charge >= 0.3 is 0 Å². The molecule has 0 radical (unpaired) electrons. The van der Waals surface area contributed by atoms with Gasteiger partial charge < -0.3 is 15.0 Å². The molecule has 1 aromatic rings. The second-order valence-electron chi connectivity index (χ2n) is 4.95. The molecule has 21 heavy (non-hydrogen) atoms. The second-order valence-corrected chi connectivity index (χ2v) is 4.95. The predicted octanol–water partition coefficient (Wildman–Crippen LogP) is 1.83. The number of carbonyl (C=O) groups excluding carboxylic acids is 1. The van der Waals surface area contributed by atoms with Crippen LogP contribution in [0.4, 0.5) is 5.69 Å². The number of amides is 1. The lowest BCUT2D eigenvalue weighted by Crippen LogP contribution is -2.33. The van der Waals surface area contributed by atoms with E-state index in [2.05, 4.69) is 5.32 Å². The molecule has 1 aliphatic heterocycles. The summed E-state index contributed by atoms with van der Waals surface area (Å²) in [5.74, 6) is -0.365. The number of hydrogen-bond acceptors (Lipinski definition) is 4. The number of hydrogen-bond donors (Lipinski definition) is 1. The first-order valence-corrected chi connectivity index (χ1v) is 7.00. The van der Waals surface area contributed by atoms with Gasteiger partial charge in [0.2, 0.25) is 0 Å². The molecular formula is C16H19N3O2. The van der Waals surface area contributed by atoms with Crippen LogP contribution in [0, 0.1) is 11.3 Å². The molecule has 0 bridgehead atoms. The maximum atomic E-state index is 12.0. The Bertz CT molecular complexity index is 542. The zero-order valence-corrected chi connectivity index (χ0v) is 12.1. The van der Waals surface area contributed by atoms with Crippen molar-refractivity contribution in [2.75, 3.05) is 25.1 Å². The number of para-hydroxylation sites is 1. The highest BCUT2D eigenvalue weighted by atomic mass is 16.5. The average molecular weight is 285 g/mol. The summed E-state index contributed by atoms with van der Waals surface area (Å²) >= 11 is 0. The van der Waals surface area contributed by atoms with Gasteiger partial charge in [-0.15, -0.1) is 0 Å². The fourth-order valence-corrected chi connectivity index (χ4v) is 2.18. The molecule has 1 N–H and O–H groups in total. The molecule has 5 nitrogen and oxygen atoms in total. The maximum Gasteiger partial charge on any atom is 0.263 e. The van der Waals surface area contributed by atoms with E-state index in [1.54, 1.807) is 18.1 Å². The normalized spacial score (nSPS) is 18.1. The molecule has 1 saturated heterocycles. The fourth-order valence-electron chi connectivity index (χ4n) is 2.18. The van der Waals surface area contributed by atoms with Crippen LogP contribution in [0.1, 0.15) is 12.8 Å². The van der Waals surface area contributed by atoms with Crippen LogP contribution in [-0.2, 0) is 9.53 Å². The topological polar surface area (TPSA) is 65.4 Å². The minimum Gasteiger partial charge on any atom is -0.376 e. The molecule has 0 spiro atoms. The lowest BCUT2D eigenvalue weighted by atomic mass is 10.2. The van der Waals surface area contributed by atoms with Crippen LogP contribution in [0.15, 0.2) is 42.1 Å². The van der Waals surface area contributed by atoms with Crippen LogP contribution in [0.5, 0.6) is 0 Å². The quantitative estimate of drug-likeness (QED) is 0.662. The van der Waals surface area contributed by atoms with E-state index < -0.39 is 0 Å². The summed E-state index contributed by atoms with van der Waals surface area (Å²) in [6.45, 7) is 1.20. The number of anilines is 1. The lowest BCUT2D eigenvalue weighted by Gasteiger charge is -2.15. The van der Waals surface area contributed by atoms with E-state index in [1.807, 2.05) is 36.4 Å². The number of benzene rings is 1. The number of nitriles is 1. The van der Waals surface area contributed by atoms with Gasteiger partial charge in [-0.2, -0.15) is 5.26 Å². The van der Waals surface area contributed by atoms with Gasteiger partial charge in [0.15, 0.2) is 0 Å². The van der Waals surface area contributed by atoms with Crippen LogP contribution in [0.3, 0.4) is 0 Å². The Hall–Kier alpha value is -2.32. The van der Waals surface area contributed by atoms with Crippen molar-refractivity contribution < 1.29 is 9.53 Å². The van der Waals surface area contributed by atoms with Crippen molar-refractivity contribution in [3.8, 4) is 6.07 Å². The molecule has 5 heteroatoms. The van der Waals surface area contributed by atoms with Crippen LogP contribution in [0.25, 0.3) is 0 Å². The Balaban J connectivity index is 1.96. The third kappa shape index (κ3) is 4.33. The van der Waals surface area contributed by atoms with E-state index in [4.69, 9.17) is 10.00 Å². The number of ether oxygens (including phenoxy) is 1. The van der Waals surface area contributed by atoms with Crippen LogP contribution in [0.2, 0.25) is 0 Å². The van der Waals surface area contributed by atoms with Gasteiger partial charge in [0.25, 0.3) is 5.91 Å². The Kier molecular flexibility index (Phi) is 5.35. The first-order valence-electron chi connectivity index (χ1n) is 7.00. The molecule has 1 amide bonds. The monoisotopic (exact) mass is 285 g/mol. The van der Waals surface area contributed by atoms with Crippen molar-refractivity contribution in [1.29, 1.82) is 5.26 Å². The largest absolute Gasteiger partial charge is 0.376 e. The van der Waals surface area contributed by atoms with Gasteiger partial charge in [0, 0.05) is 32.1 Å². The second kappa shape index (κ2) is 7.46. The number of rotatable bonds is 5. The van der Waals surface area contributed by atoms with E-state index in [0.29, 0.717) is 6.54 Å². The van der Waals surface area contributed by atoms with Crippen molar-refractivity contribution in [1.82, 2.24) is 5.32 Å².